The van der Waals surface area contributed by atoms with Crippen molar-refractivity contribution < 1.29 is 9.50 Å². The van der Waals surface area contributed by atoms with Gasteiger partial charge in [-0.3, -0.25) is 4.90 Å². The number of rotatable bonds is 4. The number of nitrogens with zero attached hydrogens (tertiary/aromatic N) is 4. The predicted molar refractivity (Wildman–Crippen MR) is 105 cm³/mol. The highest BCUT2D eigenvalue weighted by molar-refractivity contribution is 7.17. The first-order valence-electron chi connectivity index (χ1n) is 9.53. The van der Waals surface area contributed by atoms with E-state index in [0.29, 0.717) is 39.5 Å². The molecule has 0 radical (unpaired) electrons. The second kappa shape index (κ2) is 7.20. The molecule has 0 unspecified atom stereocenters. The van der Waals surface area contributed by atoms with E-state index in [1.165, 1.54) is 28.3 Å². The largest absolute Gasteiger partial charge is 0.492 e. The molecule has 1 aliphatic rings. The van der Waals surface area contributed by atoms with Crippen LogP contribution in [0.2, 0.25) is 0 Å². The Bertz CT molecular complexity index is 943. The van der Waals surface area contributed by atoms with Crippen LogP contribution in [0.3, 0.4) is 0 Å². The average molecular weight is 389 g/mol. The maximum atomic E-state index is 14.8. The van der Waals surface area contributed by atoms with Crippen LogP contribution < -0.4 is 0 Å². The maximum Gasteiger partial charge on any atom is 0.230 e. The lowest BCUT2D eigenvalue weighted by atomic mass is 9.89. The average Bonchev–Trinajstić information content (AvgIpc) is 3.16. The van der Waals surface area contributed by atoms with Crippen LogP contribution in [0.4, 0.5) is 4.39 Å². The van der Waals surface area contributed by atoms with Crippen molar-refractivity contribution in [3.63, 3.8) is 0 Å². The highest BCUT2D eigenvalue weighted by atomic mass is 32.1. The molecule has 0 aliphatic carbocycles. The molecule has 5 nitrogen and oxygen atoms in total. The zero-order valence-corrected chi connectivity index (χ0v) is 16.7. The van der Waals surface area contributed by atoms with Crippen molar-refractivity contribution in [2.75, 3.05) is 13.1 Å². The molecule has 1 saturated heterocycles. The monoisotopic (exact) mass is 388 g/mol. The summed E-state index contributed by atoms with van der Waals surface area (Å²) in [5, 5.41) is 15.3. The van der Waals surface area contributed by atoms with Gasteiger partial charge in [0.05, 0.1) is 10.9 Å². The molecule has 1 N–H and O–H groups in total. The molecular formula is C20H25FN4OS. The van der Waals surface area contributed by atoms with Crippen molar-refractivity contribution >= 4 is 16.3 Å². The molecule has 7 heteroatoms. The Morgan fingerprint density at radius 2 is 1.96 bits per heavy atom. The molecule has 4 rings (SSSR count). The maximum absolute atomic E-state index is 14.8. The summed E-state index contributed by atoms with van der Waals surface area (Å²) in [6.45, 7) is 8.19. The van der Waals surface area contributed by atoms with Gasteiger partial charge in [0, 0.05) is 25.1 Å². The molecule has 3 aromatic rings. The molecule has 0 spiro atoms. The van der Waals surface area contributed by atoms with E-state index < -0.39 is 0 Å². The van der Waals surface area contributed by atoms with Crippen LogP contribution in [0, 0.1) is 17.7 Å². The molecule has 0 amide bonds. The molecule has 0 bridgehead atoms. The minimum absolute atomic E-state index is 0.0707. The molecule has 1 fully saturated rings. The summed E-state index contributed by atoms with van der Waals surface area (Å²) < 4.78 is 16.3. The van der Waals surface area contributed by atoms with Crippen LogP contribution in [-0.2, 0) is 6.42 Å². The molecule has 27 heavy (non-hydrogen) atoms. The first-order valence-corrected chi connectivity index (χ1v) is 10.3. The summed E-state index contributed by atoms with van der Waals surface area (Å²) in [5.41, 5.74) is 0.592. The Morgan fingerprint density at radius 3 is 2.59 bits per heavy atom. The Labute approximate surface area is 162 Å². The normalized spacial score (nSPS) is 22.4. The minimum atomic E-state index is -0.338. The first-order chi connectivity index (χ1) is 13.0. The summed E-state index contributed by atoms with van der Waals surface area (Å²) in [4.78, 5) is 8.14. The number of benzene rings is 1. The number of piperidine rings is 1. The van der Waals surface area contributed by atoms with Crippen LogP contribution >= 0.6 is 11.3 Å². The molecular weight excluding hydrogens is 363 g/mol. The second-order valence-corrected chi connectivity index (χ2v) is 8.70. The van der Waals surface area contributed by atoms with E-state index in [1.54, 1.807) is 6.07 Å². The van der Waals surface area contributed by atoms with E-state index in [9.17, 15) is 9.50 Å². The number of fused-ring (bicyclic) bond motifs is 1. The molecule has 1 aliphatic heterocycles. The van der Waals surface area contributed by atoms with Crippen LogP contribution in [0.1, 0.15) is 49.5 Å². The molecule has 3 atom stereocenters. The molecule has 1 aromatic carbocycles. The number of aromatic nitrogens is 3. The summed E-state index contributed by atoms with van der Waals surface area (Å²) in [6, 6.07) is 6.52. The Balaban J connectivity index is 1.84. The number of aromatic hydroxyl groups is 1. The van der Waals surface area contributed by atoms with Crippen molar-refractivity contribution in [2.45, 2.75) is 39.7 Å². The van der Waals surface area contributed by atoms with E-state index in [1.807, 2.05) is 19.1 Å². The van der Waals surface area contributed by atoms with Crippen molar-refractivity contribution in [1.82, 2.24) is 19.5 Å². The van der Waals surface area contributed by atoms with E-state index in [2.05, 4.69) is 28.8 Å². The first kappa shape index (κ1) is 18.4. The number of likely N-dealkylation sites (tertiary alicyclic amines) is 1. The predicted octanol–water partition coefficient (Wildman–Crippen LogP) is 4.27. The van der Waals surface area contributed by atoms with Crippen LogP contribution in [-0.4, -0.2) is 37.7 Å². The Hall–Kier alpha value is -1.99. The van der Waals surface area contributed by atoms with Gasteiger partial charge in [-0.15, -0.1) is 5.10 Å². The van der Waals surface area contributed by atoms with Crippen molar-refractivity contribution in [2.24, 2.45) is 11.8 Å². The Morgan fingerprint density at radius 1 is 1.26 bits per heavy atom. The van der Waals surface area contributed by atoms with Crippen LogP contribution in [0.15, 0.2) is 24.3 Å². The van der Waals surface area contributed by atoms with Gasteiger partial charge in [0.1, 0.15) is 5.82 Å². The SMILES string of the molecule is CCc1nc2sc([C@@H](c3ccccc3F)N3C[C@@H](C)C[C@H](C)C3)c(O)n2n1. The van der Waals surface area contributed by atoms with Crippen molar-refractivity contribution in [3.8, 4) is 5.88 Å². The van der Waals surface area contributed by atoms with Gasteiger partial charge in [-0.1, -0.05) is 50.3 Å². The van der Waals surface area contributed by atoms with Gasteiger partial charge < -0.3 is 5.11 Å². The van der Waals surface area contributed by atoms with E-state index in [0.717, 1.165) is 13.1 Å². The fourth-order valence-electron chi connectivity index (χ4n) is 4.24. The third kappa shape index (κ3) is 3.34. The molecule has 2 aromatic heterocycles. The lowest BCUT2D eigenvalue weighted by molar-refractivity contribution is 0.110. The zero-order chi connectivity index (χ0) is 19.1. The molecule has 144 valence electrons. The lowest BCUT2D eigenvalue weighted by Gasteiger charge is -2.40. The van der Waals surface area contributed by atoms with Gasteiger partial charge in [-0.25, -0.2) is 9.37 Å². The summed E-state index contributed by atoms with van der Waals surface area (Å²) in [6.07, 6.45) is 1.88. The summed E-state index contributed by atoms with van der Waals surface area (Å²) >= 11 is 1.40. The third-order valence-electron chi connectivity index (χ3n) is 5.27. The molecule has 0 saturated carbocycles. The smallest absolute Gasteiger partial charge is 0.230 e. The topological polar surface area (TPSA) is 53.7 Å². The zero-order valence-electron chi connectivity index (χ0n) is 15.9. The summed E-state index contributed by atoms with van der Waals surface area (Å²) in [5.74, 6) is 1.58. The van der Waals surface area contributed by atoms with Gasteiger partial charge in [0.25, 0.3) is 0 Å². The quantitative estimate of drug-likeness (QED) is 0.725. The van der Waals surface area contributed by atoms with Gasteiger partial charge in [0.15, 0.2) is 5.82 Å². The molecule has 3 heterocycles. The number of thiazole rings is 1. The summed E-state index contributed by atoms with van der Waals surface area (Å²) in [7, 11) is 0. The standard InChI is InChI=1S/C20H25FN4OS/c1-4-16-22-20-25(23-16)19(26)18(27-20)17(14-7-5-6-8-15(14)21)24-10-12(2)9-13(3)11-24/h5-8,12-13,17,26H,4,9-11H2,1-3H3/t12-,13-,17+/m0/s1. The number of aryl methyl sites for hydroxylation is 1. The fourth-order valence-corrected chi connectivity index (χ4v) is 5.37. The van der Waals surface area contributed by atoms with Crippen LogP contribution in [0.25, 0.3) is 4.96 Å². The van der Waals surface area contributed by atoms with Crippen LogP contribution in [0.5, 0.6) is 5.88 Å². The van der Waals surface area contributed by atoms with Crippen molar-refractivity contribution in [3.05, 3.63) is 46.3 Å². The highest BCUT2D eigenvalue weighted by Crippen LogP contribution is 2.42. The number of halogens is 1. The van der Waals surface area contributed by atoms with Gasteiger partial charge in [-0.2, -0.15) is 4.52 Å². The number of hydrogen-bond acceptors (Lipinski definition) is 5. The minimum Gasteiger partial charge on any atom is -0.492 e. The van der Waals surface area contributed by atoms with E-state index in [4.69, 9.17) is 0 Å². The second-order valence-electron chi connectivity index (χ2n) is 7.69. The van der Waals surface area contributed by atoms with Crippen molar-refractivity contribution in [1.29, 1.82) is 0 Å². The van der Waals surface area contributed by atoms with E-state index >= 15 is 0 Å². The third-order valence-corrected chi connectivity index (χ3v) is 6.34. The van der Waals surface area contributed by atoms with Gasteiger partial charge in [0.2, 0.25) is 10.8 Å². The van der Waals surface area contributed by atoms with E-state index in [-0.39, 0.29) is 17.7 Å². The fraction of sp³-hybridized carbons (Fsp3) is 0.500. The lowest BCUT2D eigenvalue weighted by Crippen LogP contribution is -2.41. The van der Waals surface area contributed by atoms with Gasteiger partial charge >= 0.3 is 0 Å². The van der Waals surface area contributed by atoms with Gasteiger partial charge in [-0.05, 0) is 24.3 Å². The highest BCUT2D eigenvalue weighted by Gasteiger charge is 2.34. The number of hydrogen-bond donors (Lipinski definition) is 1. The Kier molecular flexibility index (Phi) is 4.90.